The van der Waals surface area contributed by atoms with Crippen LogP contribution in [0.4, 0.5) is 5.69 Å². The van der Waals surface area contributed by atoms with Gasteiger partial charge in [0.05, 0.1) is 0 Å². The molecule has 19 heavy (non-hydrogen) atoms. The number of thiazole rings is 1. The maximum absolute atomic E-state index is 5.90. The zero-order valence-electron chi connectivity index (χ0n) is 11.2. The highest BCUT2D eigenvalue weighted by molar-refractivity contribution is 7.15. The molecule has 0 bridgehead atoms. The lowest BCUT2D eigenvalue weighted by atomic mass is 10.1. The Morgan fingerprint density at radius 1 is 1.26 bits per heavy atom. The molecule has 0 atom stereocenters. The summed E-state index contributed by atoms with van der Waals surface area (Å²) >= 11 is 1.63. The Bertz CT molecular complexity index is 739. The molecular formula is C14H16N4S. The van der Waals surface area contributed by atoms with Crippen LogP contribution in [0.3, 0.4) is 0 Å². The van der Waals surface area contributed by atoms with Gasteiger partial charge in [0.25, 0.3) is 0 Å². The van der Waals surface area contributed by atoms with E-state index in [2.05, 4.69) is 40.7 Å². The molecule has 0 aliphatic heterocycles. The average Bonchev–Trinajstić information content (AvgIpc) is 2.93. The van der Waals surface area contributed by atoms with E-state index in [0.717, 1.165) is 27.6 Å². The van der Waals surface area contributed by atoms with E-state index in [-0.39, 0.29) is 0 Å². The molecule has 0 aliphatic rings. The van der Waals surface area contributed by atoms with E-state index in [9.17, 15) is 0 Å². The van der Waals surface area contributed by atoms with Crippen LogP contribution in [0.1, 0.15) is 31.0 Å². The van der Waals surface area contributed by atoms with Crippen molar-refractivity contribution in [2.24, 2.45) is 0 Å². The molecule has 0 saturated carbocycles. The first-order valence-corrected chi connectivity index (χ1v) is 7.15. The number of nitrogens with two attached hydrogens (primary N) is 1. The van der Waals surface area contributed by atoms with Crippen LogP contribution < -0.4 is 5.73 Å². The number of hydrogen-bond donors (Lipinski definition) is 1. The summed E-state index contributed by atoms with van der Waals surface area (Å²) in [5.74, 6) is 1.31. The first-order valence-electron chi connectivity index (χ1n) is 6.27. The zero-order valence-corrected chi connectivity index (χ0v) is 12.0. The van der Waals surface area contributed by atoms with Gasteiger partial charge in [0.1, 0.15) is 0 Å². The number of anilines is 1. The van der Waals surface area contributed by atoms with Crippen molar-refractivity contribution in [1.82, 2.24) is 14.6 Å². The minimum atomic E-state index is 0.435. The molecule has 0 aliphatic carbocycles. The van der Waals surface area contributed by atoms with Gasteiger partial charge in [-0.3, -0.25) is 4.40 Å². The van der Waals surface area contributed by atoms with Crippen LogP contribution in [0.25, 0.3) is 16.3 Å². The summed E-state index contributed by atoms with van der Waals surface area (Å²) in [5.41, 5.74) is 10.1. The van der Waals surface area contributed by atoms with Gasteiger partial charge in [-0.15, -0.1) is 21.5 Å². The molecular weight excluding hydrogens is 256 g/mol. The number of nitrogen functional groups attached to an aromatic ring is 1. The Balaban J connectivity index is 2.30. The van der Waals surface area contributed by atoms with Gasteiger partial charge in [-0.1, -0.05) is 19.9 Å². The van der Waals surface area contributed by atoms with Crippen LogP contribution >= 0.6 is 11.3 Å². The Morgan fingerprint density at radius 3 is 2.79 bits per heavy atom. The fraction of sp³-hybridized carbons (Fsp3) is 0.286. The molecule has 98 valence electrons. The van der Waals surface area contributed by atoms with Gasteiger partial charge in [0.15, 0.2) is 5.82 Å². The molecule has 2 heterocycles. The third kappa shape index (κ3) is 1.90. The summed E-state index contributed by atoms with van der Waals surface area (Å²) in [7, 11) is 0. The number of fused-ring (bicyclic) bond motifs is 1. The molecule has 3 aromatic rings. The number of hydrogen-bond acceptors (Lipinski definition) is 4. The normalized spacial score (nSPS) is 11.6. The van der Waals surface area contributed by atoms with E-state index >= 15 is 0 Å². The van der Waals surface area contributed by atoms with Crippen LogP contribution in [0.15, 0.2) is 23.6 Å². The van der Waals surface area contributed by atoms with E-state index in [4.69, 9.17) is 5.73 Å². The van der Waals surface area contributed by atoms with E-state index < -0.39 is 0 Å². The zero-order chi connectivity index (χ0) is 13.6. The van der Waals surface area contributed by atoms with Gasteiger partial charge in [0.2, 0.25) is 4.96 Å². The van der Waals surface area contributed by atoms with E-state index in [1.54, 1.807) is 11.3 Å². The number of benzene rings is 1. The Hall–Kier alpha value is -1.88. The van der Waals surface area contributed by atoms with Gasteiger partial charge in [-0.05, 0) is 30.5 Å². The van der Waals surface area contributed by atoms with Crippen molar-refractivity contribution < 1.29 is 0 Å². The third-order valence-corrected chi connectivity index (χ3v) is 4.11. The predicted octanol–water partition coefficient (Wildman–Crippen LogP) is 3.47. The largest absolute Gasteiger partial charge is 0.399 e. The maximum atomic E-state index is 5.90. The number of rotatable bonds is 2. The van der Waals surface area contributed by atoms with Crippen LogP contribution in [0, 0.1) is 6.92 Å². The monoisotopic (exact) mass is 272 g/mol. The first kappa shape index (κ1) is 12.2. The van der Waals surface area contributed by atoms with E-state index in [1.165, 1.54) is 5.69 Å². The molecule has 0 fully saturated rings. The highest BCUT2D eigenvalue weighted by Gasteiger charge is 2.16. The molecule has 5 heteroatoms. The molecule has 0 unspecified atom stereocenters. The highest BCUT2D eigenvalue weighted by Crippen LogP contribution is 2.30. The van der Waals surface area contributed by atoms with Gasteiger partial charge in [-0.25, -0.2) is 0 Å². The highest BCUT2D eigenvalue weighted by atomic mass is 32.1. The van der Waals surface area contributed by atoms with Crippen molar-refractivity contribution in [1.29, 1.82) is 0 Å². The van der Waals surface area contributed by atoms with Gasteiger partial charge >= 0.3 is 0 Å². The minimum Gasteiger partial charge on any atom is -0.399 e. The minimum absolute atomic E-state index is 0.435. The van der Waals surface area contributed by atoms with Crippen molar-refractivity contribution in [3.05, 3.63) is 34.8 Å². The Labute approximate surface area is 115 Å². The number of aryl methyl sites for hydroxylation is 1. The van der Waals surface area contributed by atoms with Gasteiger partial charge in [-0.2, -0.15) is 0 Å². The first-order chi connectivity index (χ1) is 9.08. The van der Waals surface area contributed by atoms with Gasteiger partial charge in [0, 0.05) is 22.3 Å². The summed E-state index contributed by atoms with van der Waals surface area (Å²) in [5, 5.41) is 10.8. The molecule has 3 rings (SSSR count). The lowest BCUT2D eigenvalue weighted by Gasteiger charge is -2.08. The lowest BCUT2D eigenvalue weighted by molar-refractivity contribution is 0.811. The maximum Gasteiger partial charge on any atom is 0.216 e. The second-order valence-electron chi connectivity index (χ2n) is 5.03. The molecule has 0 saturated heterocycles. The fourth-order valence-corrected chi connectivity index (χ4v) is 3.18. The summed E-state index contributed by atoms with van der Waals surface area (Å²) in [4.78, 5) is 0.931. The Kier molecular flexibility index (Phi) is 2.78. The lowest BCUT2D eigenvalue weighted by Crippen LogP contribution is -1.98. The molecule has 0 amide bonds. The van der Waals surface area contributed by atoms with Crippen molar-refractivity contribution in [3.63, 3.8) is 0 Å². The predicted molar refractivity (Wildman–Crippen MR) is 79.5 cm³/mol. The second-order valence-corrected chi connectivity index (χ2v) is 5.87. The summed E-state index contributed by atoms with van der Waals surface area (Å²) in [6.45, 7) is 6.42. The van der Waals surface area contributed by atoms with Crippen molar-refractivity contribution in [2.45, 2.75) is 26.7 Å². The van der Waals surface area contributed by atoms with Crippen LogP contribution in [-0.2, 0) is 0 Å². The molecule has 2 aromatic heterocycles. The Morgan fingerprint density at radius 2 is 2.05 bits per heavy atom. The molecule has 0 spiro atoms. The van der Waals surface area contributed by atoms with Crippen LogP contribution in [-0.4, -0.2) is 14.6 Å². The van der Waals surface area contributed by atoms with Crippen LogP contribution in [0.2, 0.25) is 0 Å². The van der Waals surface area contributed by atoms with Gasteiger partial charge < -0.3 is 5.73 Å². The summed E-state index contributed by atoms with van der Waals surface area (Å²) < 4.78 is 2.14. The van der Waals surface area contributed by atoms with Crippen molar-refractivity contribution >= 4 is 22.0 Å². The molecule has 2 N–H and O–H groups in total. The topological polar surface area (TPSA) is 56.2 Å². The van der Waals surface area contributed by atoms with Crippen molar-refractivity contribution in [3.8, 4) is 11.4 Å². The SMILES string of the molecule is Cc1ccc(N)cc1-c1nnc2scc(C(C)C)n12. The third-order valence-electron chi connectivity index (χ3n) is 3.27. The molecule has 1 aromatic carbocycles. The summed E-state index contributed by atoms with van der Waals surface area (Å²) in [6, 6.07) is 5.90. The fourth-order valence-electron chi connectivity index (χ4n) is 2.19. The number of nitrogens with zero attached hydrogens (tertiary/aromatic N) is 3. The van der Waals surface area contributed by atoms with Crippen LogP contribution in [0.5, 0.6) is 0 Å². The smallest absolute Gasteiger partial charge is 0.216 e. The van der Waals surface area contributed by atoms with E-state index in [0.29, 0.717) is 5.92 Å². The number of aromatic nitrogens is 3. The second kappa shape index (κ2) is 4.35. The average molecular weight is 272 g/mol. The quantitative estimate of drug-likeness (QED) is 0.727. The van der Waals surface area contributed by atoms with Crippen molar-refractivity contribution in [2.75, 3.05) is 5.73 Å². The molecule has 4 nitrogen and oxygen atoms in total. The summed E-state index contributed by atoms with van der Waals surface area (Å²) in [6.07, 6.45) is 0. The standard InChI is InChI=1S/C14H16N4S/c1-8(2)12-7-19-14-17-16-13(18(12)14)11-6-10(15)5-4-9(11)3/h4-8H,15H2,1-3H3. The van der Waals surface area contributed by atoms with E-state index in [1.807, 2.05) is 18.2 Å². The molecule has 0 radical (unpaired) electrons.